The number of hydrogen-bond donors (Lipinski definition) is 2. The van der Waals surface area contributed by atoms with Crippen molar-refractivity contribution >= 4 is 5.69 Å². The topological polar surface area (TPSA) is 38.0 Å². The molecule has 2 aromatic rings. The van der Waals surface area contributed by atoms with Crippen LogP contribution in [0.5, 0.6) is 0 Å². The zero-order chi connectivity index (χ0) is 12.1. The minimum absolute atomic E-state index is 0.182. The quantitative estimate of drug-likeness (QED) is 0.847. The molecule has 0 aliphatic rings. The number of nitrogens with one attached hydrogen (secondary N) is 1. The van der Waals surface area contributed by atoms with Crippen molar-refractivity contribution in [2.24, 2.45) is 5.73 Å². The van der Waals surface area contributed by atoms with Crippen LogP contribution in [0, 0.1) is 5.82 Å². The number of halogens is 1. The molecule has 0 aliphatic carbocycles. The van der Waals surface area contributed by atoms with Gasteiger partial charge in [0.1, 0.15) is 5.82 Å². The van der Waals surface area contributed by atoms with E-state index < -0.39 is 0 Å². The van der Waals surface area contributed by atoms with E-state index in [1.54, 1.807) is 12.1 Å². The number of hydrogen-bond acceptors (Lipinski definition) is 2. The zero-order valence-corrected chi connectivity index (χ0v) is 9.49. The highest BCUT2D eigenvalue weighted by atomic mass is 19.1. The molecule has 0 heterocycles. The Balaban J connectivity index is 2.00. The summed E-state index contributed by atoms with van der Waals surface area (Å²) < 4.78 is 13.4. The van der Waals surface area contributed by atoms with E-state index in [9.17, 15) is 4.39 Å². The lowest BCUT2D eigenvalue weighted by Crippen LogP contribution is -2.02. The fraction of sp³-hybridized carbons (Fsp3) is 0.143. The largest absolute Gasteiger partial charge is 0.381 e. The third-order valence-corrected chi connectivity index (χ3v) is 2.63. The molecule has 0 bridgehead atoms. The summed E-state index contributed by atoms with van der Waals surface area (Å²) in [5.41, 5.74) is 8.23. The normalized spacial score (nSPS) is 10.2. The summed E-state index contributed by atoms with van der Waals surface area (Å²) in [6.07, 6.45) is 0. The average Bonchev–Trinajstić information content (AvgIpc) is 2.38. The van der Waals surface area contributed by atoms with Gasteiger partial charge in [-0.15, -0.1) is 0 Å². The lowest BCUT2D eigenvalue weighted by molar-refractivity contribution is 0.613. The van der Waals surface area contributed by atoms with Crippen LogP contribution in [0.2, 0.25) is 0 Å². The predicted octanol–water partition coefficient (Wildman–Crippen LogP) is 2.90. The molecule has 2 nitrogen and oxygen atoms in total. The molecule has 0 radical (unpaired) electrons. The monoisotopic (exact) mass is 230 g/mol. The molecular weight excluding hydrogens is 215 g/mol. The fourth-order valence-corrected chi connectivity index (χ4v) is 1.60. The maximum Gasteiger partial charge on any atom is 0.128 e. The van der Waals surface area contributed by atoms with Crippen molar-refractivity contribution in [1.29, 1.82) is 0 Å². The third kappa shape index (κ3) is 3.04. The first kappa shape index (κ1) is 11.6. The molecule has 0 fully saturated rings. The van der Waals surface area contributed by atoms with Gasteiger partial charge in [0.2, 0.25) is 0 Å². The van der Waals surface area contributed by atoms with Gasteiger partial charge < -0.3 is 11.1 Å². The third-order valence-electron chi connectivity index (χ3n) is 2.63. The summed E-state index contributed by atoms with van der Waals surface area (Å²) in [7, 11) is 0. The van der Waals surface area contributed by atoms with Crippen molar-refractivity contribution in [2.45, 2.75) is 13.1 Å². The number of rotatable bonds is 4. The summed E-state index contributed by atoms with van der Waals surface area (Å²) >= 11 is 0. The summed E-state index contributed by atoms with van der Waals surface area (Å²) in [6.45, 7) is 1.02. The van der Waals surface area contributed by atoms with E-state index in [2.05, 4.69) is 5.32 Å². The first-order valence-electron chi connectivity index (χ1n) is 5.56. The van der Waals surface area contributed by atoms with E-state index in [0.29, 0.717) is 18.7 Å². The van der Waals surface area contributed by atoms with Crippen LogP contribution in [-0.2, 0) is 13.1 Å². The van der Waals surface area contributed by atoms with Crippen molar-refractivity contribution < 1.29 is 4.39 Å². The Labute approximate surface area is 100 Å². The molecule has 17 heavy (non-hydrogen) atoms. The Morgan fingerprint density at radius 1 is 1.00 bits per heavy atom. The second kappa shape index (κ2) is 5.46. The Morgan fingerprint density at radius 2 is 1.71 bits per heavy atom. The van der Waals surface area contributed by atoms with E-state index in [4.69, 9.17) is 5.73 Å². The second-order valence-corrected chi connectivity index (χ2v) is 3.85. The zero-order valence-electron chi connectivity index (χ0n) is 9.49. The van der Waals surface area contributed by atoms with Gasteiger partial charge in [-0.3, -0.25) is 0 Å². The van der Waals surface area contributed by atoms with Crippen LogP contribution in [0.3, 0.4) is 0 Å². The van der Waals surface area contributed by atoms with E-state index in [-0.39, 0.29) is 5.82 Å². The van der Waals surface area contributed by atoms with Gasteiger partial charge in [-0.25, -0.2) is 4.39 Å². The Hall–Kier alpha value is -1.87. The van der Waals surface area contributed by atoms with Gasteiger partial charge >= 0.3 is 0 Å². The summed E-state index contributed by atoms with van der Waals surface area (Å²) in [4.78, 5) is 0. The van der Waals surface area contributed by atoms with Crippen molar-refractivity contribution in [2.75, 3.05) is 5.32 Å². The highest BCUT2D eigenvalue weighted by Gasteiger charge is 1.99. The van der Waals surface area contributed by atoms with Crippen LogP contribution in [0.15, 0.2) is 48.5 Å². The molecule has 3 heteroatoms. The van der Waals surface area contributed by atoms with E-state index in [0.717, 1.165) is 11.3 Å². The van der Waals surface area contributed by atoms with Gasteiger partial charge in [0.05, 0.1) is 0 Å². The van der Waals surface area contributed by atoms with Crippen molar-refractivity contribution in [3.05, 3.63) is 65.5 Å². The standard InChI is InChI=1S/C14H15FN2/c15-14-4-2-1-3-12(14)10-17-13-7-5-11(9-16)6-8-13/h1-8,17H,9-10,16H2. The first-order valence-corrected chi connectivity index (χ1v) is 5.56. The van der Waals surface area contributed by atoms with E-state index in [1.165, 1.54) is 6.07 Å². The molecule has 3 N–H and O–H groups in total. The van der Waals surface area contributed by atoms with Crippen LogP contribution >= 0.6 is 0 Å². The molecule has 0 saturated heterocycles. The lowest BCUT2D eigenvalue weighted by Gasteiger charge is -2.07. The van der Waals surface area contributed by atoms with Crippen molar-refractivity contribution in [3.8, 4) is 0 Å². The van der Waals surface area contributed by atoms with Gasteiger partial charge in [-0.05, 0) is 23.8 Å². The second-order valence-electron chi connectivity index (χ2n) is 3.85. The predicted molar refractivity (Wildman–Crippen MR) is 68.1 cm³/mol. The molecule has 2 aromatic carbocycles. The van der Waals surface area contributed by atoms with E-state index >= 15 is 0 Å². The maximum absolute atomic E-state index is 13.4. The van der Waals surface area contributed by atoms with Crippen molar-refractivity contribution in [1.82, 2.24) is 0 Å². The molecule has 0 aromatic heterocycles. The molecule has 0 atom stereocenters. The minimum atomic E-state index is -0.182. The van der Waals surface area contributed by atoms with Crippen molar-refractivity contribution in [3.63, 3.8) is 0 Å². The summed E-state index contributed by atoms with van der Waals surface area (Å²) in [6, 6.07) is 14.6. The van der Waals surface area contributed by atoms with Gasteiger partial charge in [0.15, 0.2) is 0 Å². The molecule has 0 aliphatic heterocycles. The number of benzene rings is 2. The highest BCUT2D eigenvalue weighted by Crippen LogP contribution is 2.12. The summed E-state index contributed by atoms with van der Waals surface area (Å²) in [5, 5.41) is 3.17. The van der Waals surface area contributed by atoms with Crippen LogP contribution in [0.4, 0.5) is 10.1 Å². The first-order chi connectivity index (χ1) is 8.29. The Kier molecular flexibility index (Phi) is 3.73. The average molecular weight is 230 g/mol. The lowest BCUT2D eigenvalue weighted by atomic mass is 10.2. The fourth-order valence-electron chi connectivity index (χ4n) is 1.60. The molecule has 0 saturated carbocycles. The maximum atomic E-state index is 13.4. The van der Waals surface area contributed by atoms with Crippen LogP contribution in [0.1, 0.15) is 11.1 Å². The minimum Gasteiger partial charge on any atom is -0.381 e. The summed E-state index contributed by atoms with van der Waals surface area (Å²) in [5.74, 6) is -0.182. The van der Waals surface area contributed by atoms with E-state index in [1.807, 2.05) is 30.3 Å². The molecule has 2 rings (SSSR count). The van der Waals surface area contributed by atoms with Gasteiger partial charge in [0.25, 0.3) is 0 Å². The highest BCUT2D eigenvalue weighted by molar-refractivity contribution is 5.45. The van der Waals surface area contributed by atoms with Gasteiger partial charge in [0, 0.05) is 24.3 Å². The molecule has 0 unspecified atom stereocenters. The molecular formula is C14H15FN2. The van der Waals surface area contributed by atoms with Gasteiger partial charge in [-0.1, -0.05) is 30.3 Å². The SMILES string of the molecule is NCc1ccc(NCc2ccccc2F)cc1. The smallest absolute Gasteiger partial charge is 0.128 e. The number of nitrogens with two attached hydrogens (primary N) is 1. The van der Waals surface area contributed by atoms with Crippen LogP contribution in [-0.4, -0.2) is 0 Å². The Bertz CT molecular complexity index is 480. The number of anilines is 1. The Morgan fingerprint density at radius 3 is 2.35 bits per heavy atom. The molecule has 0 spiro atoms. The molecule has 88 valence electrons. The van der Waals surface area contributed by atoms with Gasteiger partial charge in [-0.2, -0.15) is 0 Å². The van der Waals surface area contributed by atoms with Crippen LogP contribution < -0.4 is 11.1 Å². The van der Waals surface area contributed by atoms with Crippen LogP contribution in [0.25, 0.3) is 0 Å². The molecule has 0 amide bonds.